The van der Waals surface area contributed by atoms with Gasteiger partial charge in [0.25, 0.3) is 5.78 Å². The molecule has 0 spiro atoms. The molecule has 3 aromatic rings. The van der Waals surface area contributed by atoms with Gasteiger partial charge in [-0.3, -0.25) is 4.68 Å². The first-order valence-electron chi connectivity index (χ1n) is 6.12. The first-order chi connectivity index (χ1) is 9.13. The van der Waals surface area contributed by atoms with Crippen LogP contribution in [0.4, 0.5) is 11.5 Å². The summed E-state index contributed by atoms with van der Waals surface area (Å²) in [6.45, 7) is 6.10. The third-order valence-corrected chi connectivity index (χ3v) is 2.78. The molecule has 98 valence electrons. The molecule has 0 bridgehead atoms. The maximum Gasteiger partial charge on any atom is 0.254 e. The molecule has 19 heavy (non-hydrogen) atoms. The molecule has 0 aliphatic heterocycles. The van der Waals surface area contributed by atoms with Gasteiger partial charge in [-0.15, -0.1) is 0 Å². The number of anilines is 2. The fraction of sp³-hybridized carbons (Fsp3) is 0.333. The van der Waals surface area contributed by atoms with E-state index in [1.807, 2.05) is 23.9 Å². The van der Waals surface area contributed by atoms with Crippen molar-refractivity contribution in [3.63, 3.8) is 0 Å². The highest BCUT2D eigenvalue weighted by Gasteiger charge is 2.07. The van der Waals surface area contributed by atoms with Crippen molar-refractivity contribution in [1.82, 2.24) is 29.4 Å². The van der Waals surface area contributed by atoms with Crippen LogP contribution in [0.3, 0.4) is 0 Å². The Balaban J connectivity index is 1.97. The van der Waals surface area contributed by atoms with Crippen LogP contribution >= 0.6 is 0 Å². The van der Waals surface area contributed by atoms with E-state index in [2.05, 4.69) is 39.3 Å². The van der Waals surface area contributed by atoms with Gasteiger partial charge in [-0.1, -0.05) is 0 Å². The number of nitrogens with one attached hydrogen (secondary N) is 1. The molecule has 3 aromatic heterocycles. The summed E-state index contributed by atoms with van der Waals surface area (Å²) in [6.07, 6.45) is 5.24. The molecular weight excluding hydrogens is 242 g/mol. The minimum absolute atomic E-state index is 0.334. The predicted molar refractivity (Wildman–Crippen MR) is 71.4 cm³/mol. The summed E-state index contributed by atoms with van der Waals surface area (Å²) < 4.78 is 3.56. The van der Waals surface area contributed by atoms with E-state index in [9.17, 15) is 0 Å². The van der Waals surface area contributed by atoms with Gasteiger partial charge in [0.1, 0.15) is 12.1 Å². The number of aromatic nitrogens is 6. The fourth-order valence-corrected chi connectivity index (χ4v) is 1.85. The first kappa shape index (κ1) is 11.6. The minimum atomic E-state index is 0.334. The third-order valence-electron chi connectivity index (χ3n) is 2.78. The number of aryl methyl sites for hydroxylation is 1. The summed E-state index contributed by atoms with van der Waals surface area (Å²) in [7, 11) is 0. The highest BCUT2D eigenvalue weighted by atomic mass is 15.4. The Morgan fingerprint density at radius 3 is 2.84 bits per heavy atom. The maximum absolute atomic E-state index is 4.30. The molecule has 0 saturated heterocycles. The van der Waals surface area contributed by atoms with E-state index in [4.69, 9.17) is 0 Å². The van der Waals surface area contributed by atoms with Gasteiger partial charge >= 0.3 is 0 Å². The molecule has 0 aliphatic rings. The molecular formula is C12H15N7. The van der Waals surface area contributed by atoms with Crippen LogP contribution in [-0.2, 0) is 0 Å². The van der Waals surface area contributed by atoms with E-state index in [1.54, 1.807) is 10.7 Å². The topological polar surface area (TPSA) is 72.9 Å². The van der Waals surface area contributed by atoms with Crippen molar-refractivity contribution in [2.75, 3.05) is 5.32 Å². The molecule has 0 unspecified atom stereocenters. The van der Waals surface area contributed by atoms with Gasteiger partial charge in [-0.2, -0.15) is 19.7 Å². The van der Waals surface area contributed by atoms with Crippen LogP contribution in [0.15, 0.2) is 24.8 Å². The Labute approximate surface area is 110 Å². The Morgan fingerprint density at radius 1 is 1.26 bits per heavy atom. The number of fused-ring (bicyclic) bond motifs is 1. The lowest BCUT2D eigenvalue weighted by Gasteiger charge is -2.07. The molecule has 7 heteroatoms. The van der Waals surface area contributed by atoms with Crippen LogP contribution < -0.4 is 5.32 Å². The van der Waals surface area contributed by atoms with Crippen molar-refractivity contribution >= 4 is 17.3 Å². The zero-order chi connectivity index (χ0) is 13.4. The zero-order valence-corrected chi connectivity index (χ0v) is 11.1. The summed E-state index contributed by atoms with van der Waals surface area (Å²) in [6, 6.07) is 2.26. The molecule has 0 amide bonds. The molecule has 1 N–H and O–H groups in total. The summed E-state index contributed by atoms with van der Waals surface area (Å²) in [4.78, 5) is 8.40. The predicted octanol–water partition coefficient (Wildman–Crippen LogP) is 1.95. The van der Waals surface area contributed by atoms with Crippen molar-refractivity contribution < 1.29 is 0 Å². The van der Waals surface area contributed by atoms with Gasteiger partial charge < -0.3 is 5.32 Å². The van der Waals surface area contributed by atoms with E-state index in [0.29, 0.717) is 11.8 Å². The van der Waals surface area contributed by atoms with Gasteiger partial charge in [0, 0.05) is 24.0 Å². The van der Waals surface area contributed by atoms with Crippen LogP contribution in [-0.4, -0.2) is 29.4 Å². The van der Waals surface area contributed by atoms with Crippen molar-refractivity contribution in [2.45, 2.75) is 26.8 Å². The average Bonchev–Trinajstić information content (AvgIpc) is 2.96. The van der Waals surface area contributed by atoms with Crippen molar-refractivity contribution in [2.24, 2.45) is 0 Å². The van der Waals surface area contributed by atoms with E-state index in [1.165, 1.54) is 6.33 Å². The molecule has 0 saturated carbocycles. The monoisotopic (exact) mass is 257 g/mol. The number of rotatable bonds is 3. The highest BCUT2D eigenvalue weighted by Crippen LogP contribution is 2.18. The summed E-state index contributed by atoms with van der Waals surface area (Å²) in [5.41, 5.74) is 1.80. The summed E-state index contributed by atoms with van der Waals surface area (Å²) in [5.74, 6) is 1.40. The molecule has 0 radical (unpaired) electrons. The first-order valence-corrected chi connectivity index (χ1v) is 6.12. The lowest BCUT2D eigenvalue weighted by Crippen LogP contribution is -2.02. The average molecular weight is 257 g/mol. The van der Waals surface area contributed by atoms with E-state index in [-0.39, 0.29) is 0 Å². The van der Waals surface area contributed by atoms with Crippen molar-refractivity contribution in [1.29, 1.82) is 0 Å². The van der Waals surface area contributed by atoms with Crippen LogP contribution in [0.5, 0.6) is 0 Å². The van der Waals surface area contributed by atoms with Crippen LogP contribution in [0, 0.1) is 6.92 Å². The summed E-state index contributed by atoms with van der Waals surface area (Å²) in [5, 5.41) is 11.7. The fourth-order valence-electron chi connectivity index (χ4n) is 1.85. The van der Waals surface area contributed by atoms with E-state index in [0.717, 1.165) is 17.2 Å². The van der Waals surface area contributed by atoms with Crippen LogP contribution in [0.2, 0.25) is 0 Å². The lowest BCUT2D eigenvalue weighted by atomic mass is 10.4. The van der Waals surface area contributed by atoms with Crippen molar-refractivity contribution in [3.05, 3.63) is 30.5 Å². The lowest BCUT2D eigenvalue weighted by molar-refractivity contribution is 0.532. The molecule has 0 aliphatic carbocycles. The number of hydrogen-bond acceptors (Lipinski definition) is 5. The van der Waals surface area contributed by atoms with E-state index >= 15 is 0 Å². The Bertz CT molecular complexity index is 710. The molecule has 7 nitrogen and oxygen atoms in total. The standard InChI is InChI=1S/C12H15N7/c1-8(2)18-6-10(5-14-18)17-11-4-9(3)16-12-13-7-15-19(11)12/h4-8,17H,1-3H3. The SMILES string of the molecule is Cc1cc(Nc2cnn(C(C)C)c2)n2ncnc2n1. The largest absolute Gasteiger partial charge is 0.337 e. The Hall–Kier alpha value is -2.44. The second kappa shape index (κ2) is 4.34. The van der Waals surface area contributed by atoms with Gasteiger partial charge in [0.05, 0.1) is 11.9 Å². The molecule has 3 rings (SSSR count). The van der Waals surface area contributed by atoms with Crippen LogP contribution in [0.25, 0.3) is 5.78 Å². The van der Waals surface area contributed by atoms with Crippen LogP contribution in [0.1, 0.15) is 25.6 Å². The maximum atomic E-state index is 4.30. The van der Waals surface area contributed by atoms with E-state index < -0.39 is 0 Å². The summed E-state index contributed by atoms with van der Waals surface area (Å²) >= 11 is 0. The normalized spacial score (nSPS) is 11.4. The number of nitrogens with zero attached hydrogens (tertiary/aromatic N) is 6. The minimum Gasteiger partial charge on any atom is -0.337 e. The smallest absolute Gasteiger partial charge is 0.254 e. The van der Waals surface area contributed by atoms with Gasteiger partial charge in [-0.25, -0.2) is 4.98 Å². The van der Waals surface area contributed by atoms with Crippen molar-refractivity contribution in [3.8, 4) is 0 Å². The second-order valence-electron chi connectivity index (χ2n) is 4.68. The Kier molecular flexibility index (Phi) is 2.66. The quantitative estimate of drug-likeness (QED) is 0.776. The second-order valence-corrected chi connectivity index (χ2v) is 4.68. The van der Waals surface area contributed by atoms with Gasteiger partial charge in [0.15, 0.2) is 0 Å². The number of hydrogen-bond donors (Lipinski definition) is 1. The highest BCUT2D eigenvalue weighted by molar-refractivity contribution is 5.57. The Morgan fingerprint density at radius 2 is 2.11 bits per heavy atom. The molecule has 3 heterocycles. The molecule has 0 atom stereocenters. The molecule has 0 fully saturated rings. The van der Waals surface area contributed by atoms with Gasteiger partial charge in [-0.05, 0) is 20.8 Å². The van der Waals surface area contributed by atoms with Gasteiger partial charge in [0.2, 0.25) is 0 Å². The zero-order valence-electron chi connectivity index (χ0n) is 11.1. The molecule has 0 aromatic carbocycles. The third kappa shape index (κ3) is 2.14.